The second-order valence-electron chi connectivity index (χ2n) is 6.46. The van der Waals surface area contributed by atoms with Gasteiger partial charge in [0.15, 0.2) is 5.11 Å². The highest BCUT2D eigenvalue weighted by molar-refractivity contribution is 7.80. The quantitative estimate of drug-likeness (QED) is 0.376. The van der Waals surface area contributed by atoms with Crippen LogP contribution in [-0.4, -0.2) is 11.7 Å². The van der Waals surface area contributed by atoms with E-state index in [9.17, 15) is 0 Å². The van der Waals surface area contributed by atoms with E-state index < -0.39 is 0 Å². The standard InChI is InChI=1S/C20H34N2S/c1-4-5-6-7-8-9-10-11-12-16-21-20(23)22-19-15-13-14-17(2)18(19)3/h13-15H,4-12,16H2,1-3H3,(H2,21,22,23). The van der Waals surface area contributed by atoms with Gasteiger partial charge in [0, 0.05) is 12.2 Å². The highest BCUT2D eigenvalue weighted by atomic mass is 32.1. The highest BCUT2D eigenvalue weighted by Crippen LogP contribution is 2.17. The first kappa shape index (κ1) is 20.0. The van der Waals surface area contributed by atoms with Gasteiger partial charge in [0.2, 0.25) is 0 Å². The Kier molecular flexibility index (Phi) is 10.7. The molecule has 0 saturated carbocycles. The Labute approximate surface area is 148 Å². The maximum absolute atomic E-state index is 5.38. The van der Waals surface area contributed by atoms with Crippen LogP contribution in [0.2, 0.25) is 0 Å². The van der Waals surface area contributed by atoms with Crippen molar-refractivity contribution in [1.29, 1.82) is 0 Å². The number of hydrogen-bond acceptors (Lipinski definition) is 1. The van der Waals surface area contributed by atoms with Crippen LogP contribution in [0.1, 0.15) is 75.8 Å². The van der Waals surface area contributed by atoms with Crippen molar-refractivity contribution in [1.82, 2.24) is 5.32 Å². The monoisotopic (exact) mass is 334 g/mol. The molecule has 1 aromatic rings. The molecule has 23 heavy (non-hydrogen) atoms. The van der Waals surface area contributed by atoms with Gasteiger partial charge >= 0.3 is 0 Å². The molecule has 1 rings (SSSR count). The van der Waals surface area contributed by atoms with E-state index in [1.807, 2.05) is 0 Å². The zero-order chi connectivity index (χ0) is 16.9. The Balaban J connectivity index is 2.03. The van der Waals surface area contributed by atoms with Gasteiger partial charge in [-0.3, -0.25) is 0 Å². The summed E-state index contributed by atoms with van der Waals surface area (Å²) in [5, 5.41) is 7.35. The molecule has 0 aromatic heterocycles. The van der Waals surface area contributed by atoms with E-state index in [1.54, 1.807) is 0 Å². The van der Waals surface area contributed by atoms with Gasteiger partial charge in [-0.2, -0.15) is 0 Å². The minimum Gasteiger partial charge on any atom is -0.362 e. The fourth-order valence-corrected chi connectivity index (χ4v) is 2.90. The molecule has 0 saturated heterocycles. The van der Waals surface area contributed by atoms with Crippen LogP contribution in [0.3, 0.4) is 0 Å². The zero-order valence-electron chi connectivity index (χ0n) is 15.2. The van der Waals surface area contributed by atoms with Crippen LogP contribution >= 0.6 is 12.2 Å². The lowest BCUT2D eigenvalue weighted by molar-refractivity contribution is 0.563. The first-order valence-corrected chi connectivity index (χ1v) is 9.67. The van der Waals surface area contributed by atoms with Crippen molar-refractivity contribution in [3.63, 3.8) is 0 Å². The largest absolute Gasteiger partial charge is 0.362 e. The molecule has 0 aliphatic carbocycles. The molecule has 0 unspecified atom stereocenters. The lowest BCUT2D eigenvalue weighted by Crippen LogP contribution is -2.29. The summed E-state index contributed by atoms with van der Waals surface area (Å²) in [6, 6.07) is 6.27. The number of rotatable bonds is 11. The van der Waals surface area contributed by atoms with Gasteiger partial charge in [-0.15, -0.1) is 0 Å². The molecule has 0 atom stereocenters. The third-order valence-corrected chi connectivity index (χ3v) is 4.67. The van der Waals surface area contributed by atoms with E-state index in [2.05, 4.69) is 49.6 Å². The van der Waals surface area contributed by atoms with Crippen molar-refractivity contribution >= 4 is 23.0 Å². The number of benzene rings is 1. The van der Waals surface area contributed by atoms with Crippen LogP contribution in [-0.2, 0) is 0 Å². The first-order chi connectivity index (χ1) is 11.1. The molecule has 0 radical (unpaired) electrons. The number of unbranched alkanes of at least 4 members (excludes halogenated alkanes) is 8. The second kappa shape index (κ2) is 12.3. The summed E-state index contributed by atoms with van der Waals surface area (Å²) in [5.74, 6) is 0. The van der Waals surface area contributed by atoms with Crippen LogP contribution in [0.4, 0.5) is 5.69 Å². The number of aryl methyl sites for hydroxylation is 1. The SMILES string of the molecule is CCCCCCCCCCCNC(=S)Nc1cccc(C)c1C. The molecule has 3 heteroatoms. The molecule has 0 amide bonds. The number of anilines is 1. The molecule has 2 N–H and O–H groups in total. The number of thiocarbonyl (C=S) groups is 1. The van der Waals surface area contributed by atoms with Gasteiger partial charge in [-0.1, -0.05) is 70.4 Å². The van der Waals surface area contributed by atoms with E-state index in [1.165, 1.54) is 68.9 Å². The summed E-state index contributed by atoms with van der Waals surface area (Å²) >= 11 is 5.38. The molecule has 1 aromatic carbocycles. The van der Waals surface area contributed by atoms with Gasteiger partial charge < -0.3 is 10.6 Å². The van der Waals surface area contributed by atoms with Crippen molar-refractivity contribution in [2.24, 2.45) is 0 Å². The highest BCUT2D eigenvalue weighted by Gasteiger charge is 2.02. The Morgan fingerprint density at radius 2 is 1.52 bits per heavy atom. The smallest absolute Gasteiger partial charge is 0.170 e. The first-order valence-electron chi connectivity index (χ1n) is 9.26. The van der Waals surface area contributed by atoms with Crippen LogP contribution in [0.25, 0.3) is 0 Å². The molecule has 0 bridgehead atoms. The number of nitrogens with one attached hydrogen (secondary N) is 2. The van der Waals surface area contributed by atoms with Crippen molar-refractivity contribution in [3.05, 3.63) is 29.3 Å². The molecule has 0 spiro atoms. The van der Waals surface area contributed by atoms with Gasteiger partial charge in [0.1, 0.15) is 0 Å². The predicted molar refractivity (Wildman–Crippen MR) is 107 cm³/mol. The van der Waals surface area contributed by atoms with Gasteiger partial charge in [-0.25, -0.2) is 0 Å². The maximum atomic E-state index is 5.38. The number of hydrogen-bond donors (Lipinski definition) is 2. The summed E-state index contributed by atoms with van der Waals surface area (Å²) in [6.45, 7) is 7.49. The third-order valence-electron chi connectivity index (χ3n) is 4.42. The summed E-state index contributed by atoms with van der Waals surface area (Å²) in [5.41, 5.74) is 3.66. The van der Waals surface area contributed by atoms with Gasteiger partial charge in [0.25, 0.3) is 0 Å². The minimum absolute atomic E-state index is 0.735. The topological polar surface area (TPSA) is 24.1 Å². The lowest BCUT2D eigenvalue weighted by atomic mass is 10.1. The Bertz CT molecular complexity index is 457. The fourth-order valence-electron chi connectivity index (χ4n) is 2.69. The third kappa shape index (κ3) is 8.95. The molecule has 0 heterocycles. The van der Waals surface area contributed by atoms with Gasteiger partial charge in [-0.05, 0) is 49.7 Å². The second-order valence-corrected chi connectivity index (χ2v) is 6.87. The van der Waals surface area contributed by atoms with Crippen molar-refractivity contribution in [2.45, 2.75) is 78.6 Å². The van der Waals surface area contributed by atoms with Crippen LogP contribution < -0.4 is 10.6 Å². The Morgan fingerprint density at radius 1 is 0.913 bits per heavy atom. The average Bonchev–Trinajstić information content (AvgIpc) is 2.53. The molecule has 2 nitrogen and oxygen atoms in total. The molecule has 0 aliphatic rings. The van der Waals surface area contributed by atoms with Crippen molar-refractivity contribution < 1.29 is 0 Å². The molecule has 0 fully saturated rings. The Hall–Kier alpha value is -1.09. The summed E-state index contributed by atoms with van der Waals surface area (Å²) in [7, 11) is 0. The summed E-state index contributed by atoms with van der Waals surface area (Å²) < 4.78 is 0. The zero-order valence-corrected chi connectivity index (χ0v) is 16.0. The summed E-state index contributed by atoms with van der Waals surface area (Å²) in [4.78, 5) is 0. The van der Waals surface area contributed by atoms with E-state index in [0.29, 0.717) is 0 Å². The van der Waals surface area contributed by atoms with E-state index in [0.717, 1.165) is 17.3 Å². The molecular weight excluding hydrogens is 300 g/mol. The van der Waals surface area contributed by atoms with Crippen molar-refractivity contribution in [3.8, 4) is 0 Å². The normalized spacial score (nSPS) is 10.6. The van der Waals surface area contributed by atoms with E-state index >= 15 is 0 Å². The van der Waals surface area contributed by atoms with Gasteiger partial charge in [0.05, 0.1) is 0 Å². The summed E-state index contributed by atoms with van der Waals surface area (Å²) in [6.07, 6.45) is 12.2. The molecular formula is C20H34N2S. The van der Waals surface area contributed by atoms with Crippen LogP contribution in [0.5, 0.6) is 0 Å². The van der Waals surface area contributed by atoms with Crippen molar-refractivity contribution in [2.75, 3.05) is 11.9 Å². The molecule has 0 aliphatic heterocycles. The lowest BCUT2D eigenvalue weighted by Gasteiger charge is -2.13. The predicted octanol–water partition coefficient (Wildman–Crippen LogP) is 6.12. The van der Waals surface area contributed by atoms with Crippen LogP contribution in [0, 0.1) is 13.8 Å². The van der Waals surface area contributed by atoms with E-state index in [-0.39, 0.29) is 0 Å². The molecule has 130 valence electrons. The Morgan fingerprint density at radius 3 is 2.17 bits per heavy atom. The minimum atomic E-state index is 0.735. The average molecular weight is 335 g/mol. The van der Waals surface area contributed by atoms with E-state index in [4.69, 9.17) is 12.2 Å². The fraction of sp³-hybridized carbons (Fsp3) is 0.650. The van der Waals surface area contributed by atoms with Crippen LogP contribution in [0.15, 0.2) is 18.2 Å². The maximum Gasteiger partial charge on any atom is 0.170 e.